The minimum Gasteiger partial charge on any atom is -0.393 e. The van der Waals surface area contributed by atoms with Gasteiger partial charge in [-0.05, 0) is 13.5 Å². The number of likely N-dealkylation sites (N-methyl/N-ethyl adjacent to an activating group) is 1. The molecule has 0 saturated carbocycles. The minimum atomic E-state index is -0.213. The second kappa shape index (κ2) is 3.52. The summed E-state index contributed by atoms with van der Waals surface area (Å²) in [6.07, 6.45) is 0.599. The molecule has 1 rings (SSSR count). The van der Waals surface area contributed by atoms with Crippen molar-refractivity contribution in [1.82, 2.24) is 4.90 Å². The van der Waals surface area contributed by atoms with Crippen molar-refractivity contribution in [3.05, 3.63) is 0 Å². The van der Waals surface area contributed by atoms with Gasteiger partial charge < -0.3 is 15.7 Å². The van der Waals surface area contributed by atoms with Gasteiger partial charge in [-0.3, -0.25) is 0 Å². The summed E-state index contributed by atoms with van der Waals surface area (Å²) < 4.78 is 0. The molecule has 3 N–H and O–H groups in total. The fraction of sp³-hybridized carbons (Fsp3) is 1.00. The summed E-state index contributed by atoms with van der Waals surface area (Å²) >= 11 is 0. The molecule has 0 spiro atoms. The molecule has 1 heterocycles. The highest BCUT2D eigenvalue weighted by Crippen LogP contribution is 2.18. The molecule has 0 aromatic heterocycles. The Hall–Kier alpha value is -0.120. The van der Waals surface area contributed by atoms with Crippen molar-refractivity contribution >= 4 is 0 Å². The van der Waals surface area contributed by atoms with Crippen LogP contribution in [0.4, 0.5) is 0 Å². The Labute approximate surface area is 68.2 Å². The molecule has 0 aromatic rings. The van der Waals surface area contributed by atoms with Crippen LogP contribution in [0, 0.1) is 5.92 Å². The summed E-state index contributed by atoms with van der Waals surface area (Å²) in [5.74, 6) is 0.282. The van der Waals surface area contributed by atoms with Crippen molar-refractivity contribution < 1.29 is 5.11 Å². The summed E-state index contributed by atoms with van der Waals surface area (Å²) in [4.78, 5) is 2.17. The monoisotopic (exact) mass is 158 g/mol. The zero-order chi connectivity index (χ0) is 8.43. The first-order valence-electron chi connectivity index (χ1n) is 4.27. The molecule has 11 heavy (non-hydrogen) atoms. The van der Waals surface area contributed by atoms with E-state index in [0.29, 0.717) is 0 Å². The Bertz CT molecular complexity index is 125. The predicted octanol–water partition coefficient (Wildman–Crippen LogP) is -0.354. The van der Waals surface area contributed by atoms with Crippen molar-refractivity contribution in [2.24, 2.45) is 11.7 Å². The third-order valence-electron chi connectivity index (χ3n) is 2.51. The highest BCUT2D eigenvalue weighted by molar-refractivity contribution is 4.88. The van der Waals surface area contributed by atoms with Gasteiger partial charge in [-0.1, -0.05) is 6.92 Å². The van der Waals surface area contributed by atoms with Crippen LogP contribution in [0.15, 0.2) is 0 Å². The van der Waals surface area contributed by atoms with E-state index < -0.39 is 0 Å². The van der Waals surface area contributed by atoms with E-state index in [1.54, 1.807) is 0 Å². The lowest BCUT2D eigenvalue weighted by molar-refractivity contribution is 0.102. The first-order valence-corrected chi connectivity index (χ1v) is 4.27. The molecule has 1 fully saturated rings. The summed E-state index contributed by atoms with van der Waals surface area (Å²) in [5, 5.41) is 9.54. The van der Waals surface area contributed by atoms with Crippen LogP contribution < -0.4 is 5.73 Å². The molecule has 66 valence electrons. The maximum Gasteiger partial charge on any atom is 0.0593 e. The molecule has 0 amide bonds. The molecule has 0 radical (unpaired) electrons. The zero-order valence-electron chi connectivity index (χ0n) is 7.33. The molecule has 1 aliphatic heterocycles. The molecule has 0 bridgehead atoms. The standard InChI is InChI=1S/C8H18N2O/c1-3-8(11)6-4-10(2)5-7(6)9/h6-8,11H,3-5,9H2,1-2H3/t6-,7+,8+/m1/s1. The molecule has 1 aliphatic rings. The largest absolute Gasteiger partial charge is 0.393 e. The van der Waals surface area contributed by atoms with E-state index in [0.717, 1.165) is 19.5 Å². The smallest absolute Gasteiger partial charge is 0.0593 e. The molecular formula is C8H18N2O. The number of nitrogens with zero attached hydrogens (tertiary/aromatic N) is 1. The van der Waals surface area contributed by atoms with Gasteiger partial charge in [0.15, 0.2) is 0 Å². The normalized spacial score (nSPS) is 36.0. The van der Waals surface area contributed by atoms with Gasteiger partial charge in [0.1, 0.15) is 0 Å². The minimum absolute atomic E-state index is 0.162. The van der Waals surface area contributed by atoms with Crippen molar-refractivity contribution in [2.75, 3.05) is 20.1 Å². The molecule has 3 atom stereocenters. The van der Waals surface area contributed by atoms with Crippen LogP contribution in [0.3, 0.4) is 0 Å². The SMILES string of the molecule is CC[C@H](O)[C@@H]1CN(C)C[C@@H]1N. The van der Waals surface area contributed by atoms with E-state index in [1.165, 1.54) is 0 Å². The average molecular weight is 158 g/mol. The quantitative estimate of drug-likeness (QED) is 0.577. The first kappa shape index (κ1) is 8.97. The summed E-state index contributed by atoms with van der Waals surface area (Å²) in [7, 11) is 2.04. The zero-order valence-corrected chi connectivity index (χ0v) is 7.33. The molecule has 3 nitrogen and oxygen atoms in total. The van der Waals surface area contributed by atoms with Crippen molar-refractivity contribution in [1.29, 1.82) is 0 Å². The fourth-order valence-electron chi connectivity index (χ4n) is 1.77. The van der Waals surface area contributed by atoms with Crippen LogP contribution in [-0.2, 0) is 0 Å². The average Bonchev–Trinajstić information content (AvgIpc) is 2.28. The molecule has 0 unspecified atom stereocenters. The molecule has 1 saturated heterocycles. The molecular weight excluding hydrogens is 140 g/mol. The Morgan fingerprint density at radius 3 is 2.64 bits per heavy atom. The number of aliphatic hydroxyl groups is 1. The number of likely N-dealkylation sites (tertiary alicyclic amines) is 1. The maximum atomic E-state index is 9.54. The van der Waals surface area contributed by atoms with E-state index in [1.807, 2.05) is 14.0 Å². The highest BCUT2D eigenvalue weighted by atomic mass is 16.3. The van der Waals surface area contributed by atoms with Crippen LogP contribution in [-0.4, -0.2) is 42.3 Å². The van der Waals surface area contributed by atoms with E-state index in [-0.39, 0.29) is 18.1 Å². The summed E-state index contributed by atoms with van der Waals surface area (Å²) in [6.45, 7) is 3.85. The Balaban J connectivity index is 2.45. The fourth-order valence-corrected chi connectivity index (χ4v) is 1.77. The van der Waals surface area contributed by atoms with Crippen LogP contribution in [0.25, 0.3) is 0 Å². The topological polar surface area (TPSA) is 49.5 Å². The van der Waals surface area contributed by atoms with Crippen LogP contribution >= 0.6 is 0 Å². The van der Waals surface area contributed by atoms with Gasteiger partial charge in [0.2, 0.25) is 0 Å². The number of nitrogens with two attached hydrogens (primary N) is 1. The number of rotatable bonds is 2. The second-order valence-electron chi connectivity index (χ2n) is 3.52. The van der Waals surface area contributed by atoms with Gasteiger partial charge in [0, 0.05) is 25.0 Å². The third-order valence-corrected chi connectivity index (χ3v) is 2.51. The number of aliphatic hydroxyl groups excluding tert-OH is 1. The number of hydrogen-bond donors (Lipinski definition) is 2. The highest BCUT2D eigenvalue weighted by Gasteiger charge is 2.32. The molecule has 0 aromatic carbocycles. The Morgan fingerprint density at radius 1 is 1.64 bits per heavy atom. The first-order chi connectivity index (χ1) is 5.15. The van der Waals surface area contributed by atoms with Crippen molar-refractivity contribution in [2.45, 2.75) is 25.5 Å². The van der Waals surface area contributed by atoms with E-state index in [4.69, 9.17) is 5.73 Å². The lowest BCUT2D eigenvalue weighted by Crippen LogP contribution is -2.36. The third kappa shape index (κ3) is 1.92. The maximum absolute atomic E-state index is 9.54. The van der Waals surface area contributed by atoms with Gasteiger partial charge in [-0.25, -0.2) is 0 Å². The van der Waals surface area contributed by atoms with Gasteiger partial charge in [-0.2, -0.15) is 0 Å². The van der Waals surface area contributed by atoms with Crippen LogP contribution in [0.5, 0.6) is 0 Å². The molecule has 3 heteroatoms. The molecule has 0 aliphatic carbocycles. The van der Waals surface area contributed by atoms with Crippen LogP contribution in [0.1, 0.15) is 13.3 Å². The summed E-state index contributed by atoms with van der Waals surface area (Å²) in [5.41, 5.74) is 5.84. The lowest BCUT2D eigenvalue weighted by Gasteiger charge is -2.19. The van der Waals surface area contributed by atoms with Gasteiger partial charge in [0.05, 0.1) is 6.10 Å². The Kier molecular flexibility index (Phi) is 2.87. The van der Waals surface area contributed by atoms with E-state index in [9.17, 15) is 5.11 Å². The van der Waals surface area contributed by atoms with Crippen LogP contribution in [0.2, 0.25) is 0 Å². The van der Waals surface area contributed by atoms with Gasteiger partial charge >= 0.3 is 0 Å². The van der Waals surface area contributed by atoms with Crippen molar-refractivity contribution in [3.8, 4) is 0 Å². The van der Waals surface area contributed by atoms with Crippen molar-refractivity contribution in [3.63, 3.8) is 0 Å². The van der Waals surface area contributed by atoms with E-state index in [2.05, 4.69) is 4.90 Å². The van der Waals surface area contributed by atoms with E-state index >= 15 is 0 Å². The number of hydrogen-bond acceptors (Lipinski definition) is 3. The van der Waals surface area contributed by atoms with Gasteiger partial charge in [-0.15, -0.1) is 0 Å². The predicted molar refractivity (Wildman–Crippen MR) is 45.3 cm³/mol. The lowest BCUT2D eigenvalue weighted by atomic mass is 9.96. The Morgan fingerprint density at radius 2 is 2.27 bits per heavy atom. The second-order valence-corrected chi connectivity index (χ2v) is 3.52. The van der Waals surface area contributed by atoms with Gasteiger partial charge in [0.25, 0.3) is 0 Å². The summed E-state index contributed by atoms with van der Waals surface area (Å²) in [6, 6.07) is 0.162.